The first-order chi connectivity index (χ1) is 9.15. The number of rotatable bonds is 2. The fourth-order valence-corrected chi connectivity index (χ4v) is 3.91. The van der Waals surface area contributed by atoms with Crippen LogP contribution >= 0.6 is 11.5 Å². The van der Waals surface area contributed by atoms with Crippen molar-refractivity contribution in [3.63, 3.8) is 0 Å². The zero-order chi connectivity index (χ0) is 13.4. The Kier molecular flexibility index (Phi) is 3.56. The highest BCUT2D eigenvalue weighted by molar-refractivity contribution is 7.13. The predicted molar refractivity (Wildman–Crippen MR) is 79.3 cm³/mol. The van der Waals surface area contributed by atoms with Gasteiger partial charge in [-0.3, -0.25) is 4.90 Å². The summed E-state index contributed by atoms with van der Waals surface area (Å²) in [5.74, 6) is 0. The fraction of sp³-hybridized carbons (Fsp3) is 0.533. The fourth-order valence-electron chi connectivity index (χ4n) is 3.13. The minimum absolute atomic E-state index is 0.145. The number of benzene rings is 1. The van der Waals surface area contributed by atoms with Crippen LogP contribution in [0.4, 0.5) is 0 Å². The van der Waals surface area contributed by atoms with Crippen molar-refractivity contribution in [1.82, 2.24) is 9.27 Å². The van der Waals surface area contributed by atoms with Crippen LogP contribution < -0.4 is 0 Å². The summed E-state index contributed by atoms with van der Waals surface area (Å²) in [6.07, 6.45) is 1.59. The molecule has 2 heterocycles. The van der Waals surface area contributed by atoms with E-state index < -0.39 is 0 Å². The van der Waals surface area contributed by atoms with Crippen molar-refractivity contribution in [3.8, 4) is 0 Å². The molecule has 1 saturated heterocycles. The van der Waals surface area contributed by atoms with E-state index in [1.165, 1.54) is 15.8 Å². The Morgan fingerprint density at radius 2 is 1.95 bits per heavy atom. The first-order valence-corrected chi connectivity index (χ1v) is 7.69. The standard InChI is InChI=1S/C15H20N2OS/c1-10-7-12(18)8-11(2)17(10)9-14-13-5-3-4-6-15(13)19-16-14/h3-6,10-12,18H,7-9H2,1-2H3/t10-,11-/m0/s1. The van der Waals surface area contributed by atoms with Crippen molar-refractivity contribution in [3.05, 3.63) is 30.0 Å². The van der Waals surface area contributed by atoms with Crippen LogP contribution in [0.1, 0.15) is 32.4 Å². The topological polar surface area (TPSA) is 36.4 Å². The SMILES string of the molecule is C[C@H]1CC(O)C[C@H](C)N1Cc1nsc2ccccc12. The molecule has 19 heavy (non-hydrogen) atoms. The molecular formula is C15H20N2OS. The number of likely N-dealkylation sites (tertiary alicyclic amines) is 1. The van der Waals surface area contributed by atoms with Gasteiger partial charge in [-0.15, -0.1) is 0 Å². The van der Waals surface area contributed by atoms with Crippen molar-refractivity contribution < 1.29 is 5.11 Å². The number of nitrogens with zero attached hydrogens (tertiary/aromatic N) is 2. The molecule has 0 amide bonds. The third-order valence-corrected chi connectivity index (χ3v) is 5.01. The summed E-state index contributed by atoms with van der Waals surface area (Å²) in [6.45, 7) is 5.29. The summed E-state index contributed by atoms with van der Waals surface area (Å²) >= 11 is 1.58. The van der Waals surface area contributed by atoms with Crippen LogP contribution in [0.2, 0.25) is 0 Å². The average Bonchev–Trinajstić information content (AvgIpc) is 2.77. The summed E-state index contributed by atoms with van der Waals surface area (Å²) in [6, 6.07) is 9.25. The number of piperidine rings is 1. The van der Waals surface area contributed by atoms with Gasteiger partial charge < -0.3 is 5.11 Å². The van der Waals surface area contributed by atoms with E-state index >= 15 is 0 Å². The number of fused-ring (bicyclic) bond motifs is 1. The molecule has 102 valence electrons. The first kappa shape index (κ1) is 13.0. The molecule has 3 nitrogen and oxygen atoms in total. The van der Waals surface area contributed by atoms with Gasteiger partial charge in [-0.25, -0.2) is 0 Å². The molecule has 1 aromatic carbocycles. The van der Waals surface area contributed by atoms with Crippen LogP contribution in [-0.2, 0) is 6.54 Å². The molecule has 2 atom stereocenters. The second-order valence-electron chi connectivity index (χ2n) is 5.62. The van der Waals surface area contributed by atoms with Crippen molar-refractivity contribution in [1.29, 1.82) is 0 Å². The Balaban J connectivity index is 1.84. The molecule has 3 rings (SSSR count). The van der Waals surface area contributed by atoms with Gasteiger partial charge in [-0.05, 0) is 44.3 Å². The van der Waals surface area contributed by atoms with Gasteiger partial charge in [0.2, 0.25) is 0 Å². The lowest BCUT2D eigenvalue weighted by atomic mass is 9.94. The minimum Gasteiger partial charge on any atom is -0.393 e. The smallest absolute Gasteiger partial charge is 0.0761 e. The summed E-state index contributed by atoms with van der Waals surface area (Å²) in [4.78, 5) is 2.47. The molecule has 1 aromatic heterocycles. The Hall–Kier alpha value is -0.970. The van der Waals surface area contributed by atoms with E-state index in [0.29, 0.717) is 12.1 Å². The highest BCUT2D eigenvalue weighted by Crippen LogP contribution is 2.28. The van der Waals surface area contributed by atoms with Crippen LogP contribution in [0.15, 0.2) is 24.3 Å². The third kappa shape index (κ3) is 2.53. The van der Waals surface area contributed by atoms with E-state index in [2.05, 4.69) is 47.4 Å². The maximum absolute atomic E-state index is 9.83. The van der Waals surface area contributed by atoms with E-state index in [0.717, 1.165) is 19.4 Å². The number of aliphatic hydroxyl groups is 1. The molecular weight excluding hydrogens is 256 g/mol. The second-order valence-corrected chi connectivity index (χ2v) is 6.43. The van der Waals surface area contributed by atoms with E-state index in [-0.39, 0.29) is 6.10 Å². The van der Waals surface area contributed by atoms with Crippen LogP contribution in [0.3, 0.4) is 0 Å². The average molecular weight is 276 g/mol. The van der Waals surface area contributed by atoms with Crippen LogP contribution in [-0.4, -0.2) is 32.6 Å². The maximum Gasteiger partial charge on any atom is 0.0761 e. The highest BCUT2D eigenvalue weighted by Gasteiger charge is 2.30. The molecule has 0 saturated carbocycles. The van der Waals surface area contributed by atoms with Crippen molar-refractivity contribution >= 4 is 21.6 Å². The third-order valence-electron chi connectivity index (χ3n) is 4.14. The number of aromatic nitrogens is 1. The zero-order valence-corrected chi connectivity index (χ0v) is 12.2. The largest absolute Gasteiger partial charge is 0.393 e. The zero-order valence-electron chi connectivity index (χ0n) is 11.4. The molecule has 0 bridgehead atoms. The predicted octanol–water partition coefficient (Wildman–Crippen LogP) is 3.03. The Bertz CT molecular complexity index is 556. The van der Waals surface area contributed by atoms with Crippen LogP contribution in [0.25, 0.3) is 10.1 Å². The Morgan fingerprint density at radius 3 is 2.68 bits per heavy atom. The normalized spacial score (nSPS) is 28.9. The molecule has 1 aliphatic heterocycles. The summed E-state index contributed by atoms with van der Waals surface area (Å²) < 4.78 is 5.87. The number of hydrogen-bond acceptors (Lipinski definition) is 4. The Labute approximate surface area is 118 Å². The van der Waals surface area contributed by atoms with E-state index in [4.69, 9.17) is 0 Å². The second kappa shape index (κ2) is 5.19. The van der Waals surface area contributed by atoms with Crippen LogP contribution in [0.5, 0.6) is 0 Å². The van der Waals surface area contributed by atoms with E-state index in [1.54, 1.807) is 11.5 Å². The summed E-state index contributed by atoms with van der Waals surface area (Å²) in [7, 11) is 0. The van der Waals surface area contributed by atoms with Gasteiger partial charge in [0.05, 0.1) is 16.5 Å². The highest BCUT2D eigenvalue weighted by atomic mass is 32.1. The molecule has 0 radical (unpaired) electrons. The lowest BCUT2D eigenvalue weighted by Crippen LogP contribution is -2.47. The van der Waals surface area contributed by atoms with Crippen molar-refractivity contribution in [2.45, 2.75) is 51.4 Å². The number of aliphatic hydroxyl groups excluding tert-OH is 1. The van der Waals surface area contributed by atoms with Crippen molar-refractivity contribution in [2.24, 2.45) is 0 Å². The lowest BCUT2D eigenvalue weighted by molar-refractivity contribution is 0.00835. The lowest BCUT2D eigenvalue weighted by Gasteiger charge is -2.40. The molecule has 4 heteroatoms. The molecule has 0 unspecified atom stereocenters. The molecule has 1 N–H and O–H groups in total. The van der Waals surface area contributed by atoms with Gasteiger partial charge in [-0.2, -0.15) is 4.37 Å². The van der Waals surface area contributed by atoms with Gasteiger partial charge in [-0.1, -0.05) is 18.2 Å². The van der Waals surface area contributed by atoms with Crippen LogP contribution in [0, 0.1) is 0 Å². The van der Waals surface area contributed by atoms with Gasteiger partial charge in [0.1, 0.15) is 0 Å². The van der Waals surface area contributed by atoms with Gasteiger partial charge in [0.25, 0.3) is 0 Å². The van der Waals surface area contributed by atoms with Crippen molar-refractivity contribution in [2.75, 3.05) is 0 Å². The molecule has 0 aliphatic carbocycles. The molecule has 0 spiro atoms. The van der Waals surface area contributed by atoms with Gasteiger partial charge >= 0.3 is 0 Å². The van der Waals surface area contributed by atoms with E-state index in [9.17, 15) is 5.11 Å². The van der Waals surface area contributed by atoms with Gasteiger partial charge in [0, 0.05) is 24.0 Å². The monoisotopic (exact) mass is 276 g/mol. The Morgan fingerprint density at radius 1 is 1.26 bits per heavy atom. The molecule has 2 aromatic rings. The molecule has 1 aliphatic rings. The first-order valence-electron chi connectivity index (χ1n) is 6.92. The maximum atomic E-state index is 9.83. The molecule has 1 fully saturated rings. The van der Waals surface area contributed by atoms with E-state index in [1.807, 2.05) is 0 Å². The number of hydrogen-bond donors (Lipinski definition) is 1. The van der Waals surface area contributed by atoms with Gasteiger partial charge in [0.15, 0.2) is 0 Å². The minimum atomic E-state index is -0.145. The quantitative estimate of drug-likeness (QED) is 0.916. The summed E-state index contributed by atoms with van der Waals surface area (Å²) in [5, 5.41) is 11.1. The summed E-state index contributed by atoms with van der Waals surface area (Å²) in [5.41, 5.74) is 1.18.